The standard InChI is InChI=1S/C20H24O2Si/c1-2-3-14-19-20(22)18(21)15-23(19,16-10-6-4-7-11-16)17-12-8-5-9-13-17/h2,4-13,18-22H,1,3,14-15H2/t18-,19+,20-/m0/s1. The first-order chi connectivity index (χ1) is 11.2. The molecule has 0 bridgehead atoms. The van der Waals surface area contributed by atoms with Gasteiger partial charge in [-0.15, -0.1) is 6.58 Å². The lowest BCUT2D eigenvalue weighted by molar-refractivity contribution is 0.0378. The highest BCUT2D eigenvalue weighted by Crippen LogP contribution is 2.42. The molecule has 2 aromatic carbocycles. The van der Waals surface area contributed by atoms with Crippen molar-refractivity contribution in [1.82, 2.24) is 0 Å². The van der Waals surface area contributed by atoms with Crippen molar-refractivity contribution in [3.05, 3.63) is 73.3 Å². The SMILES string of the molecule is C=CCC[C@@H]1[C@@H](O)[C@@H](O)C[Si]1(c1ccccc1)c1ccccc1. The highest BCUT2D eigenvalue weighted by molar-refractivity contribution is 7.04. The molecular formula is C20H24O2Si. The molecule has 0 unspecified atom stereocenters. The molecule has 3 atom stereocenters. The van der Waals surface area contributed by atoms with E-state index >= 15 is 0 Å². The van der Waals surface area contributed by atoms with Gasteiger partial charge in [0.05, 0.1) is 12.2 Å². The van der Waals surface area contributed by atoms with Gasteiger partial charge in [0.25, 0.3) is 0 Å². The molecule has 3 rings (SSSR count). The predicted molar refractivity (Wildman–Crippen MR) is 97.9 cm³/mol. The van der Waals surface area contributed by atoms with Crippen LogP contribution in [0.5, 0.6) is 0 Å². The minimum atomic E-state index is -2.23. The Hall–Kier alpha value is -1.68. The molecule has 3 heteroatoms. The van der Waals surface area contributed by atoms with E-state index in [9.17, 15) is 10.2 Å². The largest absolute Gasteiger partial charge is 0.391 e. The summed E-state index contributed by atoms with van der Waals surface area (Å²) in [6.07, 6.45) is 2.35. The van der Waals surface area contributed by atoms with Gasteiger partial charge in [-0.2, -0.15) is 0 Å². The zero-order valence-corrected chi connectivity index (χ0v) is 14.3. The molecule has 2 nitrogen and oxygen atoms in total. The molecule has 1 saturated heterocycles. The Bertz CT molecular complexity index is 602. The zero-order valence-electron chi connectivity index (χ0n) is 13.3. The Labute approximate surface area is 139 Å². The molecule has 1 fully saturated rings. The van der Waals surface area contributed by atoms with Gasteiger partial charge in [-0.3, -0.25) is 0 Å². The van der Waals surface area contributed by atoms with Gasteiger partial charge in [0.15, 0.2) is 0 Å². The van der Waals surface area contributed by atoms with E-state index in [0.29, 0.717) is 6.04 Å². The fraction of sp³-hybridized carbons (Fsp3) is 0.300. The van der Waals surface area contributed by atoms with Crippen LogP contribution in [0.2, 0.25) is 11.6 Å². The minimum absolute atomic E-state index is 0.111. The predicted octanol–water partition coefficient (Wildman–Crippen LogP) is 2.32. The van der Waals surface area contributed by atoms with Crippen molar-refractivity contribution < 1.29 is 10.2 Å². The maximum Gasteiger partial charge on any atom is 0.126 e. The van der Waals surface area contributed by atoms with Crippen LogP contribution in [0.4, 0.5) is 0 Å². The Morgan fingerprint density at radius 1 is 0.957 bits per heavy atom. The van der Waals surface area contributed by atoms with Crippen molar-refractivity contribution in [2.45, 2.75) is 36.6 Å². The van der Waals surface area contributed by atoms with E-state index < -0.39 is 20.3 Å². The fourth-order valence-electron chi connectivity index (χ4n) is 4.18. The van der Waals surface area contributed by atoms with E-state index in [1.54, 1.807) is 0 Å². The Balaban J connectivity index is 2.17. The number of aliphatic hydroxyl groups excluding tert-OH is 2. The average molecular weight is 324 g/mol. The third kappa shape index (κ3) is 2.80. The van der Waals surface area contributed by atoms with Gasteiger partial charge in [-0.25, -0.2) is 0 Å². The van der Waals surface area contributed by atoms with Crippen molar-refractivity contribution in [2.75, 3.05) is 0 Å². The first-order valence-corrected chi connectivity index (χ1v) is 10.6. The van der Waals surface area contributed by atoms with Gasteiger partial charge in [0, 0.05) is 0 Å². The van der Waals surface area contributed by atoms with Crippen molar-refractivity contribution in [3.63, 3.8) is 0 Å². The number of aliphatic hydroxyl groups is 2. The van der Waals surface area contributed by atoms with E-state index in [1.807, 2.05) is 18.2 Å². The summed E-state index contributed by atoms with van der Waals surface area (Å²) < 4.78 is 0. The van der Waals surface area contributed by atoms with E-state index in [0.717, 1.165) is 12.8 Å². The third-order valence-electron chi connectivity index (χ3n) is 5.23. The van der Waals surface area contributed by atoms with Gasteiger partial charge in [-0.05, 0) is 24.4 Å². The van der Waals surface area contributed by atoms with Gasteiger partial charge in [-0.1, -0.05) is 77.1 Å². The molecule has 2 N–H and O–H groups in total. The lowest BCUT2D eigenvalue weighted by atomic mass is 10.1. The fourth-order valence-corrected chi connectivity index (χ4v) is 10.1. The number of rotatable bonds is 5. The average Bonchev–Trinajstić information content (AvgIpc) is 2.87. The summed E-state index contributed by atoms with van der Waals surface area (Å²) in [5.41, 5.74) is 0.111. The molecular weight excluding hydrogens is 300 g/mol. The summed E-state index contributed by atoms with van der Waals surface area (Å²) in [7, 11) is -2.23. The van der Waals surface area contributed by atoms with Gasteiger partial charge >= 0.3 is 0 Å². The monoisotopic (exact) mass is 324 g/mol. The quantitative estimate of drug-likeness (QED) is 0.654. The molecule has 0 saturated carbocycles. The topological polar surface area (TPSA) is 40.5 Å². The normalized spacial score (nSPS) is 26.1. The highest BCUT2D eigenvalue weighted by Gasteiger charge is 2.55. The van der Waals surface area contributed by atoms with Gasteiger partial charge in [0.1, 0.15) is 8.07 Å². The molecule has 1 heterocycles. The molecule has 1 aliphatic heterocycles. The molecule has 120 valence electrons. The lowest BCUT2D eigenvalue weighted by Crippen LogP contribution is -2.60. The Morgan fingerprint density at radius 2 is 1.48 bits per heavy atom. The molecule has 0 radical (unpaired) electrons. The van der Waals surface area contributed by atoms with Crippen molar-refractivity contribution >= 4 is 18.4 Å². The van der Waals surface area contributed by atoms with Crippen molar-refractivity contribution in [1.29, 1.82) is 0 Å². The van der Waals surface area contributed by atoms with Crippen molar-refractivity contribution in [3.8, 4) is 0 Å². The first-order valence-electron chi connectivity index (χ1n) is 8.28. The van der Waals surface area contributed by atoms with E-state index in [4.69, 9.17) is 0 Å². The molecule has 23 heavy (non-hydrogen) atoms. The maximum absolute atomic E-state index is 10.7. The van der Waals surface area contributed by atoms with Crippen LogP contribution in [0.3, 0.4) is 0 Å². The molecule has 0 aliphatic carbocycles. The summed E-state index contributed by atoms with van der Waals surface area (Å²) in [5, 5.41) is 23.8. The number of allylic oxidation sites excluding steroid dienone is 1. The summed E-state index contributed by atoms with van der Waals surface area (Å²) in [4.78, 5) is 0. The molecule has 0 aromatic heterocycles. The van der Waals surface area contributed by atoms with Crippen LogP contribution in [0.25, 0.3) is 0 Å². The zero-order chi connectivity index (χ0) is 16.3. The van der Waals surface area contributed by atoms with Crippen LogP contribution in [0, 0.1) is 0 Å². The summed E-state index contributed by atoms with van der Waals surface area (Å²) >= 11 is 0. The molecule has 0 spiro atoms. The summed E-state index contributed by atoms with van der Waals surface area (Å²) in [5.74, 6) is 0. The van der Waals surface area contributed by atoms with Crippen LogP contribution < -0.4 is 10.4 Å². The van der Waals surface area contributed by atoms with E-state index in [2.05, 4.69) is 55.1 Å². The smallest absolute Gasteiger partial charge is 0.126 e. The number of hydrogen-bond donors (Lipinski definition) is 2. The van der Waals surface area contributed by atoms with Crippen LogP contribution >= 0.6 is 0 Å². The second kappa shape index (κ2) is 6.83. The van der Waals surface area contributed by atoms with Crippen molar-refractivity contribution in [2.24, 2.45) is 0 Å². The first kappa shape index (κ1) is 16.2. The van der Waals surface area contributed by atoms with Gasteiger partial charge < -0.3 is 10.2 Å². The lowest BCUT2D eigenvalue weighted by Gasteiger charge is -2.35. The maximum atomic E-state index is 10.7. The second-order valence-electron chi connectivity index (χ2n) is 6.44. The molecule has 1 aliphatic rings. The van der Waals surface area contributed by atoms with Crippen LogP contribution in [0.15, 0.2) is 73.3 Å². The molecule has 0 amide bonds. The molecule has 2 aromatic rings. The number of hydrogen-bond acceptors (Lipinski definition) is 2. The second-order valence-corrected chi connectivity index (χ2v) is 10.7. The van der Waals surface area contributed by atoms with E-state index in [-0.39, 0.29) is 5.54 Å². The highest BCUT2D eigenvalue weighted by atomic mass is 28.3. The summed E-state index contributed by atoms with van der Waals surface area (Å²) in [6, 6.07) is 21.7. The minimum Gasteiger partial charge on any atom is -0.391 e. The summed E-state index contributed by atoms with van der Waals surface area (Å²) in [6.45, 7) is 3.83. The van der Waals surface area contributed by atoms with E-state index in [1.165, 1.54) is 10.4 Å². The van der Waals surface area contributed by atoms with Gasteiger partial charge in [0.2, 0.25) is 0 Å². The Kier molecular flexibility index (Phi) is 4.81. The number of benzene rings is 2. The van der Waals surface area contributed by atoms with Crippen LogP contribution in [-0.2, 0) is 0 Å². The van der Waals surface area contributed by atoms with Crippen LogP contribution in [-0.4, -0.2) is 30.5 Å². The van der Waals surface area contributed by atoms with Crippen LogP contribution in [0.1, 0.15) is 12.8 Å². The Morgan fingerprint density at radius 3 is 1.96 bits per heavy atom. The third-order valence-corrected chi connectivity index (χ3v) is 10.9.